The van der Waals surface area contributed by atoms with E-state index in [1.807, 2.05) is 0 Å². The average Bonchev–Trinajstić information content (AvgIpc) is 2.92. The van der Waals surface area contributed by atoms with Gasteiger partial charge in [-0.15, -0.1) is 0 Å². The van der Waals surface area contributed by atoms with Gasteiger partial charge in [0.2, 0.25) is 0 Å². The molecule has 2 atom stereocenters. The van der Waals surface area contributed by atoms with Crippen LogP contribution in [0, 0.1) is 5.92 Å². The molecule has 4 nitrogen and oxygen atoms in total. The Balaban J connectivity index is 2.19. The molecule has 1 aromatic rings. The van der Waals surface area contributed by atoms with Crippen LogP contribution in [0.3, 0.4) is 0 Å². The first-order chi connectivity index (χ1) is 9.67. The van der Waals surface area contributed by atoms with Gasteiger partial charge in [-0.25, -0.2) is 0 Å². The number of ketones is 1. The fourth-order valence-corrected chi connectivity index (χ4v) is 2.59. The third-order valence-electron chi connectivity index (χ3n) is 3.50. The molecule has 0 aliphatic carbocycles. The number of benzene rings is 1. The van der Waals surface area contributed by atoms with E-state index in [2.05, 4.69) is 12.2 Å². The summed E-state index contributed by atoms with van der Waals surface area (Å²) < 4.78 is 10.7. The van der Waals surface area contributed by atoms with E-state index in [1.165, 1.54) is 0 Å². The highest BCUT2D eigenvalue weighted by Crippen LogP contribution is 2.28. The third kappa shape index (κ3) is 3.32. The minimum Gasteiger partial charge on any atom is -0.496 e. The molecule has 1 aliphatic rings. The topological polar surface area (TPSA) is 47.6 Å². The summed E-state index contributed by atoms with van der Waals surface area (Å²) in [4.78, 5) is 12.7. The monoisotopic (exact) mass is 297 g/mol. The first kappa shape index (κ1) is 15.3. The van der Waals surface area contributed by atoms with Crippen LogP contribution in [0.2, 0.25) is 5.02 Å². The van der Waals surface area contributed by atoms with Crippen LogP contribution in [-0.2, 0) is 4.74 Å². The average molecular weight is 298 g/mol. The van der Waals surface area contributed by atoms with E-state index in [4.69, 9.17) is 21.1 Å². The number of carbonyl (C=O) groups is 1. The standard InChI is InChI=1S/C15H20ClNO3/c1-3-6-17-13-9-20-8-12(13)15(18)11-7-10(16)4-5-14(11)19-2/h4-5,7,12-13,17H,3,6,8-9H2,1-2H3. The third-order valence-corrected chi connectivity index (χ3v) is 3.74. The van der Waals surface area contributed by atoms with E-state index < -0.39 is 0 Å². The Kier molecular flexibility index (Phi) is 5.40. The minimum atomic E-state index is -0.186. The van der Waals surface area contributed by atoms with Crippen LogP contribution in [0.1, 0.15) is 23.7 Å². The van der Waals surface area contributed by atoms with Gasteiger partial charge in [0, 0.05) is 11.1 Å². The summed E-state index contributed by atoms with van der Waals surface area (Å²) in [5.74, 6) is 0.393. The maximum atomic E-state index is 12.7. The summed E-state index contributed by atoms with van der Waals surface area (Å²) >= 11 is 5.99. The Morgan fingerprint density at radius 3 is 3.00 bits per heavy atom. The first-order valence-electron chi connectivity index (χ1n) is 6.86. The fraction of sp³-hybridized carbons (Fsp3) is 0.533. The van der Waals surface area contributed by atoms with Gasteiger partial charge in [-0.1, -0.05) is 18.5 Å². The Morgan fingerprint density at radius 1 is 1.50 bits per heavy atom. The fourth-order valence-electron chi connectivity index (χ4n) is 2.42. The summed E-state index contributed by atoms with van der Waals surface area (Å²) in [6, 6.07) is 5.17. The SMILES string of the molecule is CCCNC1COCC1C(=O)c1cc(Cl)ccc1OC. The lowest BCUT2D eigenvalue weighted by Crippen LogP contribution is -2.39. The number of rotatable bonds is 6. The molecule has 1 fully saturated rings. The van der Waals surface area contributed by atoms with Crippen molar-refractivity contribution in [3.63, 3.8) is 0 Å². The molecule has 20 heavy (non-hydrogen) atoms. The quantitative estimate of drug-likeness (QED) is 0.820. The van der Waals surface area contributed by atoms with Crippen molar-refractivity contribution in [2.75, 3.05) is 26.9 Å². The molecule has 1 N–H and O–H groups in total. The predicted octanol–water partition coefficient (Wildman–Crippen LogP) is 2.55. The Bertz CT molecular complexity index is 478. The van der Waals surface area contributed by atoms with Gasteiger partial charge in [-0.05, 0) is 31.2 Å². The number of nitrogens with one attached hydrogen (secondary N) is 1. The zero-order chi connectivity index (χ0) is 14.5. The molecule has 0 bridgehead atoms. The zero-order valence-corrected chi connectivity index (χ0v) is 12.6. The van der Waals surface area contributed by atoms with Gasteiger partial charge in [0.05, 0.1) is 31.8 Å². The van der Waals surface area contributed by atoms with Gasteiger partial charge in [0.15, 0.2) is 5.78 Å². The lowest BCUT2D eigenvalue weighted by atomic mass is 9.92. The van der Waals surface area contributed by atoms with Crippen LogP contribution >= 0.6 is 11.6 Å². The van der Waals surface area contributed by atoms with E-state index in [9.17, 15) is 4.79 Å². The highest BCUT2D eigenvalue weighted by molar-refractivity contribution is 6.31. The first-order valence-corrected chi connectivity index (χ1v) is 7.24. The van der Waals surface area contributed by atoms with E-state index in [-0.39, 0.29) is 17.7 Å². The second kappa shape index (κ2) is 7.07. The molecule has 1 aromatic carbocycles. The van der Waals surface area contributed by atoms with Crippen LogP contribution in [0.4, 0.5) is 0 Å². The van der Waals surface area contributed by atoms with Crippen molar-refractivity contribution in [1.29, 1.82) is 0 Å². The molecule has 1 saturated heterocycles. The number of halogens is 1. The molecular weight excluding hydrogens is 278 g/mol. The molecule has 0 spiro atoms. The van der Waals surface area contributed by atoms with Crippen LogP contribution in [0.25, 0.3) is 0 Å². The van der Waals surface area contributed by atoms with Crippen molar-refractivity contribution in [1.82, 2.24) is 5.32 Å². The lowest BCUT2D eigenvalue weighted by molar-refractivity contribution is 0.0888. The second-order valence-corrected chi connectivity index (χ2v) is 5.35. The van der Waals surface area contributed by atoms with E-state index >= 15 is 0 Å². The van der Waals surface area contributed by atoms with Gasteiger partial charge in [-0.3, -0.25) is 4.79 Å². The van der Waals surface area contributed by atoms with Crippen molar-refractivity contribution >= 4 is 17.4 Å². The molecule has 0 saturated carbocycles. The maximum absolute atomic E-state index is 12.7. The van der Waals surface area contributed by atoms with Gasteiger partial charge in [0.1, 0.15) is 5.75 Å². The number of ether oxygens (including phenoxy) is 2. The normalized spacial score (nSPS) is 21.9. The smallest absolute Gasteiger partial charge is 0.173 e. The minimum absolute atomic E-state index is 0.0236. The lowest BCUT2D eigenvalue weighted by Gasteiger charge is -2.19. The molecule has 0 radical (unpaired) electrons. The molecule has 5 heteroatoms. The van der Waals surface area contributed by atoms with E-state index in [0.29, 0.717) is 29.5 Å². The summed E-state index contributed by atoms with van der Waals surface area (Å²) in [6.45, 7) is 3.99. The zero-order valence-electron chi connectivity index (χ0n) is 11.8. The Hall–Kier alpha value is -1.10. The number of hydrogen-bond donors (Lipinski definition) is 1. The number of carbonyl (C=O) groups excluding carboxylic acids is 1. The van der Waals surface area contributed by atoms with Crippen LogP contribution in [0.5, 0.6) is 5.75 Å². The van der Waals surface area contributed by atoms with Crippen molar-refractivity contribution in [2.45, 2.75) is 19.4 Å². The molecule has 110 valence electrons. The largest absolute Gasteiger partial charge is 0.496 e. The van der Waals surface area contributed by atoms with Crippen LogP contribution in [0.15, 0.2) is 18.2 Å². The van der Waals surface area contributed by atoms with Crippen molar-refractivity contribution in [3.8, 4) is 5.75 Å². The number of methoxy groups -OCH3 is 1. The predicted molar refractivity (Wildman–Crippen MR) is 78.7 cm³/mol. The Labute approximate surface area is 124 Å². The molecular formula is C15H20ClNO3. The molecule has 2 rings (SSSR count). The summed E-state index contributed by atoms with van der Waals surface area (Å²) in [5, 5.41) is 3.90. The molecule has 0 amide bonds. The molecule has 0 aromatic heterocycles. The van der Waals surface area contributed by atoms with Gasteiger partial charge in [-0.2, -0.15) is 0 Å². The van der Waals surface area contributed by atoms with Crippen LogP contribution in [-0.4, -0.2) is 38.7 Å². The van der Waals surface area contributed by atoms with Gasteiger partial charge >= 0.3 is 0 Å². The molecule has 2 unspecified atom stereocenters. The highest BCUT2D eigenvalue weighted by Gasteiger charge is 2.35. The Morgan fingerprint density at radius 2 is 2.30 bits per heavy atom. The number of hydrogen-bond acceptors (Lipinski definition) is 4. The van der Waals surface area contributed by atoms with Crippen LogP contribution < -0.4 is 10.1 Å². The molecule has 1 aliphatic heterocycles. The maximum Gasteiger partial charge on any atom is 0.173 e. The van der Waals surface area contributed by atoms with Gasteiger partial charge in [0.25, 0.3) is 0 Å². The summed E-state index contributed by atoms with van der Waals surface area (Å²) in [5.41, 5.74) is 0.527. The van der Waals surface area contributed by atoms with Crippen molar-refractivity contribution in [2.24, 2.45) is 5.92 Å². The summed E-state index contributed by atoms with van der Waals surface area (Å²) in [7, 11) is 1.55. The number of Topliss-reactive ketones (excluding diaryl/α,β-unsaturated/α-hetero) is 1. The van der Waals surface area contributed by atoms with Crippen molar-refractivity contribution in [3.05, 3.63) is 28.8 Å². The summed E-state index contributed by atoms with van der Waals surface area (Å²) in [6.07, 6.45) is 1.03. The second-order valence-electron chi connectivity index (χ2n) is 4.91. The van der Waals surface area contributed by atoms with E-state index in [1.54, 1.807) is 25.3 Å². The molecule has 1 heterocycles. The van der Waals surface area contributed by atoms with Gasteiger partial charge < -0.3 is 14.8 Å². The van der Waals surface area contributed by atoms with E-state index in [0.717, 1.165) is 13.0 Å². The highest BCUT2D eigenvalue weighted by atomic mass is 35.5. The van der Waals surface area contributed by atoms with Crippen molar-refractivity contribution < 1.29 is 14.3 Å².